The monoisotopic (exact) mass is 336 g/mol. The molecular weight excluding hydrogens is 319 g/mol. The molecule has 2 aliphatic rings. The smallest absolute Gasteiger partial charge is 0.194 e. The Bertz CT molecular complexity index is 729. The van der Waals surface area contributed by atoms with Crippen molar-refractivity contribution in [2.45, 2.75) is 31.6 Å². The normalized spacial score (nSPS) is 30.1. The highest BCUT2D eigenvalue weighted by Crippen LogP contribution is 2.69. The van der Waals surface area contributed by atoms with Crippen LogP contribution < -0.4 is 5.32 Å². The minimum Gasteiger partial charge on any atom is -0.449 e. The molecule has 2 aromatic rings. The van der Waals surface area contributed by atoms with Gasteiger partial charge in [-0.25, -0.2) is 4.98 Å². The number of nitrogens with one attached hydrogen (secondary N) is 1. The summed E-state index contributed by atoms with van der Waals surface area (Å²) < 4.78 is 5.60. The maximum atomic E-state index is 6.24. The lowest BCUT2D eigenvalue weighted by Gasteiger charge is -2.31. The number of aryl methyl sites for hydroxylation is 1. The zero-order valence-corrected chi connectivity index (χ0v) is 14.0. The maximum Gasteiger partial charge on any atom is 0.194 e. The standard InChI is InChI=1S/C17H18Cl2N2O/c1-11-8-22-15(21-11)7-16-9-17(16,4-5-20-10-16)12-2-3-13(18)14(19)6-12/h2-3,6,8,20H,4-5,7,9-10H2,1H3. The van der Waals surface area contributed by atoms with E-state index in [1.165, 1.54) is 5.56 Å². The molecule has 1 saturated heterocycles. The first-order valence-corrected chi connectivity index (χ1v) is 8.38. The zero-order valence-electron chi connectivity index (χ0n) is 12.5. The number of halogens is 2. The molecule has 1 N–H and O–H groups in total. The predicted molar refractivity (Wildman–Crippen MR) is 87.6 cm³/mol. The maximum absolute atomic E-state index is 6.24. The number of oxazole rings is 1. The van der Waals surface area contributed by atoms with E-state index in [9.17, 15) is 0 Å². The lowest BCUT2D eigenvalue weighted by molar-refractivity contribution is 0.297. The second kappa shape index (κ2) is 4.98. The van der Waals surface area contributed by atoms with Gasteiger partial charge >= 0.3 is 0 Å². The highest BCUT2D eigenvalue weighted by Gasteiger charge is 2.68. The van der Waals surface area contributed by atoms with E-state index in [-0.39, 0.29) is 10.8 Å². The highest BCUT2D eigenvalue weighted by atomic mass is 35.5. The van der Waals surface area contributed by atoms with Crippen molar-refractivity contribution in [3.63, 3.8) is 0 Å². The summed E-state index contributed by atoms with van der Waals surface area (Å²) in [5, 5.41) is 4.79. The molecule has 0 bridgehead atoms. The van der Waals surface area contributed by atoms with Crippen LogP contribution in [0.5, 0.6) is 0 Å². The predicted octanol–water partition coefficient (Wildman–Crippen LogP) is 4.15. The molecule has 2 heterocycles. The third-order valence-corrected chi connectivity index (χ3v) is 6.09. The van der Waals surface area contributed by atoms with Gasteiger partial charge in [0.05, 0.1) is 15.7 Å². The largest absolute Gasteiger partial charge is 0.449 e. The number of aromatic nitrogens is 1. The van der Waals surface area contributed by atoms with Crippen LogP contribution in [0.4, 0.5) is 0 Å². The van der Waals surface area contributed by atoms with Crippen LogP contribution in [0.3, 0.4) is 0 Å². The number of nitrogens with zero attached hydrogens (tertiary/aromatic N) is 1. The van der Waals surface area contributed by atoms with Gasteiger partial charge in [-0.05, 0) is 44.0 Å². The van der Waals surface area contributed by atoms with E-state index in [1.807, 2.05) is 19.1 Å². The Balaban J connectivity index is 1.69. The van der Waals surface area contributed by atoms with Crippen molar-refractivity contribution in [1.82, 2.24) is 10.3 Å². The fourth-order valence-corrected chi connectivity index (χ4v) is 4.46. The van der Waals surface area contributed by atoms with Crippen molar-refractivity contribution in [2.75, 3.05) is 13.1 Å². The summed E-state index contributed by atoms with van der Waals surface area (Å²) in [4.78, 5) is 4.49. The molecule has 22 heavy (non-hydrogen) atoms. The molecule has 5 heteroatoms. The molecule has 0 radical (unpaired) electrons. The molecule has 4 rings (SSSR count). The third kappa shape index (κ3) is 2.10. The quantitative estimate of drug-likeness (QED) is 0.914. The topological polar surface area (TPSA) is 38.1 Å². The number of hydrogen-bond acceptors (Lipinski definition) is 3. The van der Waals surface area contributed by atoms with Gasteiger partial charge in [0.1, 0.15) is 6.26 Å². The summed E-state index contributed by atoms with van der Waals surface area (Å²) in [5.74, 6) is 0.836. The molecule has 2 unspecified atom stereocenters. The van der Waals surface area contributed by atoms with Crippen LogP contribution in [0.1, 0.15) is 30.0 Å². The number of hydrogen-bond donors (Lipinski definition) is 1. The van der Waals surface area contributed by atoms with E-state index >= 15 is 0 Å². The molecular formula is C17H18Cl2N2O. The van der Waals surface area contributed by atoms with Crippen LogP contribution in [0.15, 0.2) is 28.9 Å². The molecule has 2 fully saturated rings. The van der Waals surface area contributed by atoms with Crippen LogP contribution in [-0.2, 0) is 11.8 Å². The number of benzene rings is 1. The summed E-state index contributed by atoms with van der Waals surface area (Å²) in [5.41, 5.74) is 2.59. The average molecular weight is 337 g/mol. The number of rotatable bonds is 3. The first-order chi connectivity index (χ1) is 10.5. The second-order valence-electron chi connectivity index (χ2n) is 6.65. The van der Waals surface area contributed by atoms with Crippen molar-refractivity contribution >= 4 is 23.2 Å². The fraction of sp³-hybridized carbons (Fsp3) is 0.471. The van der Waals surface area contributed by atoms with Gasteiger partial charge in [-0.1, -0.05) is 29.3 Å². The first-order valence-electron chi connectivity index (χ1n) is 7.62. The summed E-state index contributed by atoms with van der Waals surface area (Å²) in [6, 6.07) is 6.08. The Labute approximate surface area is 140 Å². The fourth-order valence-electron chi connectivity index (χ4n) is 4.16. The van der Waals surface area contributed by atoms with Crippen molar-refractivity contribution in [3.8, 4) is 0 Å². The Morgan fingerprint density at radius 2 is 2.18 bits per heavy atom. The van der Waals surface area contributed by atoms with Gasteiger partial charge in [-0.3, -0.25) is 0 Å². The Hall–Kier alpha value is -1.03. The minimum absolute atomic E-state index is 0.175. The van der Waals surface area contributed by atoms with Crippen molar-refractivity contribution in [3.05, 3.63) is 51.7 Å². The van der Waals surface area contributed by atoms with Crippen molar-refractivity contribution in [1.29, 1.82) is 0 Å². The SMILES string of the molecule is Cc1coc(CC23CNCCC2(c2ccc(Cl)c(Cl)c2)C3)n1. The summed E-state index contributed by atoms with van der Waals surface area (Å²) in [6.45, 7) is 3.99. The Morgan fingerprint density at radius 1 is 1.32 bits per heavy atom. The van der Waals surface area contributed by atoms with E-state index < -0.39 is 0 Å². The molecule has 0 spiro atoms. The molecule has 0 amide bonds. The van der Waals surface area contributed by atoms with Crippen LogP contribution in [0, 0.1) is 12.3 Å². The van der Waals surface area contributed by atoms with Gasteiger partial charge in [0.25, 0.3) is 0 Å². The summed E-state index contributed by atoms with van der Waals surface area (Å²) in [6.07, 6.45) is 4.86. The van der Waals surface area contributed by atoms with Gasteiger partial charge in [-0.15, -0.1) is 0 Å². The highest BCUT2D eigenvalue weighted by molar-refractivity contribution is 6.42. The summed E-state index contributed by atoms with van der Waals surface area (Å²) >= 11 is 12.3. The van der Waals surface area contributed by atoms with Gasteiger partial charge < -0.3 is 9.73 Å². The zero-order chi connectivity index (χ0) is 15.4. The molecule has 1 aliphatic carbocycles. The van der Waals surface area contributed by atoms with Crippen LogP contribution in [0.25, 0.3) is 0 Å². The van der Waals surface area contributed by atoms with Gasteiger partial charge in [0.2, 0.25) is 0 Å². The summed E-state index contributed by atoms with van der Waals surface area (Å²) in [7, 11) is 0. The Morgan fingerprint density at radius 3 is 2.91 bits per heavy atom. The van der Waals surface area contributed by atoms with Crippen molar-refractivity contribution < 1.29 is 4.42 Å². The van der Waals surface area contributed by atoms with E-state index in [4.69, 9.17) is 27.6 Å². The lowest BCUT2D eigenvalue weighted by atomic mass is 9.79. The van der Waals surface area contributed by atoms with Crippen LogP contribution >= 0.6 is 23.2 Å². The molecule has 2 atom stereocenters. The molecule has 1 aromatic heterocycles. The van der Waals surface area contributed by atoms with E-state index in [0.717, 1.165) is 43.9 Å². The number of fused-ring (bicyclic) bond motifs is 1. The Kier molecular flexibility index (Phi) is 3.30. The molecule has 1 saturated carbocycles. The lowest BCUT2D eigenvalue weighted by Crippen LogP contribution is -2.39. The molecule has 1 aromatic carbocycles. The average Bonchev–Trinajstić information content (AvgIpc) is 3.01. The molecule has 1 aliphatic heterocycles. The minimum atomic E-state index is 0.175. The third-order valence-electron chi connectivity index (χ3n) is 5.35. The van der Waals surface area contributed by atoms with Gasteiger partial charge in [-0.2, -0.15) is 0 Å². The van der Waals surface area contributed by atoms with Gasteiger partial charge in [0, 0.05) is 23.8 Å². The second-order valence-corrected chi connectivity index (χ2v) is 7.47. The van der Waals surface area contributed by atoms with Gasteiger partial charge in [0.15, 0.2) is 5.89 Å². The number of piperidine rings is 1. The van der Waals surface area contributed by atoms with E-state index in [0.29, 0.717) is 10.0 Å². The van der Waals surface area contributed by atoms with Crippen molar-refractivity contribution in [2.24, 2.45) is 5.41 Å². The molecule has 116 valence electrons. The van der Waals surface area contributed by atoms with E-state index in [1.54, 1.807) is 6.26 Å². The van der Waals surface area contributed by atoms with E-state index in [2.05, 4.69) is 16.4 Å². The van der Waals surface area contributed by atoms with Crippen LogP contribution in [0.2, 0.25) is 10.0 Å². The first kappa shape index (κ1) is 14.6. The van der Waals surface area contributed by atoms with Crippen LogP contribution in [-0.4, -0.2) is 18.1 Å². The molecule has 3 nitrogen and oxygen atoms in total.